The lowest BCUT2D eigenvalue weighted by Crippen LogP contribution is -1.70. The first-order chi connectivity index (χ1) is 5.47. The molecule has 2 nitrogen and oxygen atoms in total. The zero-order chi connectivity index (χ0) is 7.52. The number of rotatable bonds is 0. The third-order valence-electron chi connectivity index (χ3n) is 1.20. The first-order valence-corrected chi connectivity index (χ1v) is 6.41. The van der Waals surface area contributed by atoms with E-state index in [0.29, 0.717) is 0 Å². The van der Waals surface area contributed by atoms with Crippen LogP contribution in [-0.4, -0.2) is 9.59 Å². The van der Waals surface area contributed by atoms with E-state index in [-0.39, 0.29) is 0 Å². The largest absolute Gasteiger partial charge is 0.137 e. The summed E-state index contributed by atoms with van der Waals surface area (Å²) in [6, 6.07) is 8.01. The van der Waals surface area contributed by atoms with Gasteiger partial charge in [-0.3, -0.25) is 0 Å². The highest BCUT2D eigenvalue weighted by atomic mass is 33.2. The number of benzene rings is 1. The highest BCUT2D eigenvalue weighted by molar-refractivity contribution is 7.93. The van der Waals surface area contributed by atoms with Crippen LogP contribution in [0.1, 0.15) is 0 Å². The SMILES string of the molecule is c1ccc2sssnnc2c1. The van der Waals surface area contributed by atoms with Crippen molar-refractivity contribution >= 4 is 40.4 Å². The third-order valence-corrected chi connectivity index (χ3v) is 4.29. The maximum Gasteiger partial charge on any atom is 0.105 e. The van der Waals surface area contributed by atoms with Gasteiger partial charge in [0.1, 0.15) is 5.52 Å². The van der Waals surface area contributed by atoms with Crippen LogP contribution in [0.2, 0.25) is 0 Å². The first-order valence-electron chi connectivity index (χ1n) is 2.97. The molecule has 0 unspecified atom stereocenters. The van der Waals surface area contributed by atoms with Gasteiger partial charge in [0.25, 0.3) is 0 Å². The fourth-order valence-corrected chi connectivity index (χ4v) is 3.41. The summed E-state index contributed by atoms with van der Waals surface area (Å²) in [5.74, 6) is 0. The predicted molar refractivity (Wildman–Crippen MR) is 50.8 cm³/mol. The molecule has 1 aromatic carbocycles. The van der Waals surface area contributed by atoms with Crippen molar-refractivity contribution in [1.82, 2.24) is 9.59 Å². The average molecular weight is 200 g/mol. The standard InChI is InChI=1S/C6H4N2S3/c1-2-4-6-5(3-1)7-8-10-11-9-6/h1-4H. The number of hydrogen-bond acceptors (Lipinski definition) is 5. The second-order valence-electron chi connectivity index (χ2n) is 1.88. The quantitative estimate of drug-likeness (QED) is 0.611. The summed E-state index contributed by atoms with van der Waals surface area (Å²) in [6.45, 7) is 0. The van der Waals surface area contributed by atoms with E-state index >= 15 is 0 Å². The van der Waals surface area contributed by atoms with Crippen molar-refractivity contribution in [3.63, 3.8) is 0 Å². The minimum absolute atomic E-state index is 0.968. The zero-order valence-corrected chi connectivity index (χ0v) is 7.88. The minimum atomic E-state index is 0.968. The molecule has 1 aromatic heterocycles. The molecular formula is C6H4N2S3. The van der Waals surface area contributed by atoms with Gasteiger partial charge in [-0.05, 0) is 21.5 Å². The Labute approximate surface area is 74.4 Å². The summed E-state index contributed by atoms with van der Waals surface area (Å²) in [7, 11) is 4.74. The molecule has 0 saturated carbocycles. The molecular weight excluding hydrogens is 196 g/mol. The van der Waals surface area contributed by atoms with Gasteiger partial charge < -0.3 is 0 Å². The molecule has 0 saturated heterocycles. The fraction of sp³-hybridized carbons (Fsp3) is 0. The molecule has 2 aromatic rings. The average Bonchev–Trinajstić information content (AvgIpc) is 2.28. The lowest BCUT2D eigenvalue weighted by Gasteiger charge is -1.83. The first kappa shape index (κ1) is 7.15. The Balaban J connectivity index is 2.90. The van der Waals surface area contributed by atoms with Gasteiger partial charge in [-0.1, -0.05) is 27.0 Å². The van der Waals surface area contributed by atoms with E-state index in [4.69, 9.17) is 0 Å². The number of aromatic nitrogens is 2. The molecule has 0 fully saturated rings. The number of hydrogen-bond donors (Lipinski definition) is 0. The summed E-state index contributed by atoms with van der Waals surface area (Å²) in [4.78, 5) is 0. The van der Waals surface area contributed by atoms with Gasteiger partial charge in [0.05, 0.1) is 15.2 Å². The van der Waals surface area contributed by atoms with Crippen molar-refractivity contribution < 1.29 is 0 Å². The summed E-state index contributed by atoms with van der Waals surface area (Å²) >= 11 is 0. The van der Waals surface area contributed by atoms with Crippen LogP contribution in [0, 0.1) is 0 Å². The molecule has 1 heterocycles. The summed E-state index contributed by atoms with van der Waals surface area (Å²) in [5.41, 5.74) is 0.968. The van der Waals surface area contributed by atoms with Crippen LogP contribution in [-0.2, 0) is 0 Å². The van der Waals surface area contributed by atoms with Crippen molar-refractivity contribution in [2.45, 2.75) is 0 Å². The molecule has 0 atom stereocenters. The molecule has 0 bridgehead atoms. The Morgan fingerprint density at radius 2 is 2.09 bits per heavy atom. The van der Waals surface area contributed by atoms with E-state index in [9.17, 15) is 0 Å². The van der Waals surface area contributed by atoms with Crippen LogP contribution in [0.25, 0.3) is 10.2 Å². The number of fused-ring (bicyclic) bond motifs is 1. The Bertz CT molecular complexity index is 350. The predicted octanol–water partition coefficient (Wildman–Crippen LogP) is 2.94. The van der Waals surface area contributed by atoms with Gasteiger partial charge in [0, 0.05) is 0 Å². The Morgan fingerprint density at radius 3 is 3.09 bits per heavy atom. The molecule has 0 spiro atoms. The van der Waals surface area contributed by atoms with E-state index < -0.39 is 0 Å². The summed E-state index contributed by atoms with van der Waals surface area (Å²) < 4.78 is 5.08. The fourth-order valence-electron chi connectivity index (χ4n) is 0.736. The van der Waals surface area contributed by atoms with Gasteiger partial charge in [0.2, 0.25) is 0 Å². The Kier molecular flexibility index (Phi) is 2.11. The number of nitrogens with zero attached hydrogens (tertiary/aromatic N) is 2. The molecule has 5 heteroatoms. The van der Waals surface area contributed by atoms with Crippen molar-refractivity contribution in [1.29, 1.82) is 0 Å². The third kappa shape index (κ3) is 1.55. The smallest absolute Gasteiger partial charge is 0.105 e. The molecule has 0 radical (unpaired) electrons. The van der Waals surface area contributed by atoms with E-state index in [1.807, 2.05) is 18.2 Å². The van der Waals surface area contributed by atoms with Crippen LogP contribution in [0.4, 0.5) is 0 Å². The van der Waals surface area contributed by atoms with E-state index in [1.165, 1.54) is 15.2 Å². The van der Waals surface area contributed by atoms with E-state index in [1.54, 1.807) is 19.7 Å². The van der Waals surface area contributed by atoms with Crippen molar-refractivity contribution in [3.8, 4) is 0 Å². The topological polar surface area (TPSA) is 25.8 Å². The van der Waals surface area contributed by atoms with Crippen molar-refractivity contribution in [2.24, 2.45) is 0 Å². The molecule has 0 aliphatic rings. The Hall–Kier alpha value is -0.520. The van der Waals surface area contributed by atoms with Crippen LogP contribution in [0.5, 0.6) is 0 Å². The van der Waals surface area contributed by atoms with Crippen molar-refractivity contribution in [2.75, 3.05) is 0 Å². The van der Waals surface area contributed by atoms with Crippen LogP contribution in [0.3, 0.4) is 0 Å². The van der Waals surface area contributed by atoms with Crippen molar-refractivity contribution in [3.05, 3.63) is 24.3 Å². The second-order valence-corrected chi connectivity index (χ2v) is 5.51. The molecule has 2 rings (SSSR count). The van der Waals surface area contributed by atoms with Gasteiger partial charge in [-0.25, -0.2) is 0 Å². The maximum atomic E-state index is 4.03. The van der Waals surface area contributed by atoms with Gasteiger partial charge in [-0.2, -0.15) is 0 Å². The molecule has 11 heavy (non-hydrogen) atoms. The Morgan fingerprint density at radius 1 is 1.18 bits per heavy atom. The van der Waals surface area contributed by atoms with E-state index in [0.717, 1.165) is 5.52 Å². The monoisotopic (exact) mass is 200 g/mol. The lowest BCUT2D eigenvalue weighted by molar-refractivity contribution is 1.19. The molecule has 0 amide bonds. The molecule has 0 aliphatic heterocycles. The normalized spacial score (nSPS) is 9.82. The van der Waals surface area contributed by atoms with Gasteiger partial charge in [-0.15, -0.1) is 5.10 Å². The lowest BCUT2D eigenvalue weighted by atomic mass is 10.3. The van der Waals surface area contributed by atoms with Crippen LogP contribution >= 0.6 is 30.2 Å². The van der Waals surface area contributed by atoms with Gasteiger partial charge in [0.15, 0.2) is 0 Å². The molecule has 0 N–H and O–H groups in total. The van der Waals surface area contributed by atoms with Crippen LogP contribution in [0.15, 0.2) is 24.3 Å². The van der Waals surface area contributed by atoms with Crippen LogP contribution < -0.4 is 0 Å². The molecule has 56 valence electrons. The van der Waals surface area contributed by atoms with Gasteiger partial charge >= 0.3 is 0 Å². The van der Waals surface area contributed by atoms with E-state index in [2.05, 4.69) is 15.7 Å². The zero-order valence-electron chi connectivity index (χ0n) is 5.43. The second kappa shape index (κ2) is 3.25. The highest BCUT2D eigenvalue weighted by Crippen LogP contribution is 2.18. The summed E-state index contributed by atoms with van der Waals surface area (Å²) in [6.07, 6.45) is 0. The summed E-state index contributed by atoms with van der Waals surface area (Å²) in [5, 5.41) is 4.03. The molecule has 0 aliphatic carbocycles. The minimum Gasteiger partial charge on any atom is -0.137 e. The maximum absolute atomic E-state index is 4.03. The highest BCUT2D eigenvalue weighted by Gasteiger charge is 1.88.